The van der Waals surface area contributed by atoms with E-state index in [1.165, 1.54) is 12.1 Å². The number of hydrogen-bond acceptors (Lipinski definition) is 3. The molecular formula is C24H20ClN3O3. The van der Waals surface area contributed by atoms with Crippen molar-refractivity contribution in [1.82, 2.24) is 15.1 Å². The number of carbonyl (C=O) groups excluding carboxylic acids is 1. The van der Waals surface area contributed by atoms with E-state index in [0.717, 1.165) is 22.0 Å². The molecule has 3 aromatic carbocycles. The van der Waals surface area contributed by atoms with Crippen LogP contribution in [0.1, 0.15) is 44.8 Å². The Kier molecular flexibility index (Phi) is 5.73. The lowest BCUT2D eigenvalue weighted by Gasteiger charge is -2.16. The van der Waals surface area contributed by atoms with E-state index >= 15 is 0 Å². The molecule has 0 radical (unpaired) electrons. The lowest BCUT2D eigenvalue weighted by Crippen LogP contribution is -2.27. The number of carbonyl (C=O) groups is 2. The van der Waals surface area contributed by atoms with Crippen LogP contribution in [0, 0.1) is 0 Å². The summed E-state index contributed by atoms with van der Waals surface area (Å²) in [6, 6.07) is 19.2. The topological polar surface area (TPSA) is 84.2 Å². The molecule has 31 heavy (non-hydrogen) atoms. The molecule has 4 rings (SSSR count). The van der Waals surface area contributed by atoms with Crippen LogP contribution >= 0.6 is 11.6 Å². The SMILES string of the molecule is C[C@H](NC(=O)c1cccc2cnn(Cc3ccc(Cl)cc3)c12)c1ccc(C(=O)O)cc1. The van der Waals surface area contributed by atoms with Crippen molar-refractivity contribution in [3.8, 4) is 0 Å². The van der Waals surface area contributed by atoms with Crippen molar-refractivity contribution in [1.29, 1.82) is 0 Å². The summed E-state index contributed by atoms with van der Waals surface area (Å²) >= 11 is 5.97. The minimum absolute atomic E-state index is 0.207. The summed E-state index contributed by atoms with van der Waals surface area (Å²) in [6.45, 7) is 2.37. The van der Waals surface area contributed by atoms with Gasteiger partial charge in [0.25, 0.3) is 5.91 Å². The van der Waals surface area contributed by atoms with Crippen LogP contribution in [0.3, 0.4) is 0 Å². The van der Waals surface area contributed by atoms with E-state index in [-0.39, 0.29) is 17.5 Å². The van der Waals surface area contributed by atoms with Gasteiger partial charge in [-0.2, -0.15) is 5.10 Å². The molecule has 1 atom stereocenters. The number of halogens is 1. The predicted molar refractivity (Wildman–Crippen MR) is 120 cm³/mol. The van der Waals surface area contributed by atoms with Gasteiger partial charge >= 0.3 is 5.97 Å². The second-order valence-corrected chi connectivity index (χ2v) is 7.73. The normalized spacial score (nSPS) is 11.9. The van der Waals surface area contributed by atoms with Crippen LogP contribution in [0.15, 0.2) is 72.9 Å². The third kappa shape index (κ3) is 4.44. The van der Waals surface area contributed by atoms with Crippen LogP contribution < -0.4 is 5.32 Å². The Morgan fingerprint density at radius 1 is 1.06 bits per heavy atom. The highest BCUT2D eigenvalue weighted by Crippen LogP contribution is 2.22. The van der Waals surface area contributed by atoms with Crippen molar-refractivity contribution in [2.45, 2.75) is 19.5 Å². The van der Waals surface area contributed by atoms with Gasteiger partial charge in [0.05, 0.1) is 35.4 Å². The van der Waals surface area contributed by atoms with E-state index in [1.807, 2.05) is 43.3 Å². The first kappa shape index (κ1) is 20.6. The Morgan fingerprint density at radius 2 is 1.77 bits per heavy atom. The minimum atomic E-state index is -0.983. The molecule has 2 N–H and O–H groups in total. The Morgan fingerprint density at radius 3 is 2.45 bits per heavy atom. The van der Waals surface area contributed by atoms with Gasteiger partial charge < -0.3 is 10.4 Å². The van der Waals surface area contributed by atoms with Crippen molar-refractivity contribution < 1.29 is 14.7 Å². The van der Waals surface area contributed by atoms with E-state index < -0.39 is 5.97 Å². The molecule has 6 nitrogen and oxygen atoms in total. The number of fused-ring (bicyclic) bond motifs is 1. The van der Waals surface area contributed by atoms with Crippen molar-refractivity contribution in [3.05, 3.63) is 100 Å². The standard InChI is InChI=1S/C24H20ClN3O3/c1-15(17-7-9-18(10-8-17)24(30)31)27-23(29)21-4-2-3-19-13-26-28(22(19)21)14-16-5-11-20(25)12-6-16/h2-13,15H,14H2,1H3,(H,27,29)(H,30,31)/t15-/m0/s1. The Labute approximate surface area is 184 Å². The molecule has 1 aromatic heterocycles. The van der Waals surface area contributed by atoms with Crippen LogP contribution in [0.25, 0.3) is 10.9 Å². The highest BCUT2D eigenvalue weighted by atomic mass is 35.5. The highest BCUT2D eigenvalue weighted by molar-refractivity contribution is 6.30. The maximum absolute atomic E-state index is 13.1. The van der Waals surface area contributed by atoms with Gasteiger partial charge in [0.2, 0.25) is 0 Å². The molecule has 0 unspecified atom stereocenters. The first-order valence-electron chi connectivity index (χ1n) is 9.75. The zero-order chi connectivity index (χ0) is 22.0. The van der Waals surface area contributed by atoms with Crippen molar-refractivity contribution in [2.24, 2.45) is 0 Å². The lowest BCUT2D eigenvalue weighted by molar-refractivity contribution is 0.0696. The summed E-state index contributed by atoms with van der Waals surface area (Å²) in [6.07, 6.45) is 1.75. The number of amides is 1. The number of hydrogen-bond donors (Lipinski definition) is 2. The average molecular weight is 434 g/mol. The lowest BCUT2D eigenvalue weighted by atomic mass is 10.0. The molecule has 0 saturated carbocycles. The predicted octanol–water partition coefficient (Wildman–Crippen LogP) is 4.93. The van der Waals surface area contributed by atoms with E-state index in [0.29, 0.717) is 17.1 Å². The van der Waals surface area contributed by atoms with Gasteiger partial charge in [0.15, 0.2) is 0 Å². The van der Waals surface area contributed by atoms with Crippen LogP contribution in [0.2, 0.25) is 5.02 Å². The largest absolute Gasteiger partial charge is 0.478 e. The molecule has 156 valence electrons. The molecule has 0 aliphatic rings. The van der Waals surface area contributed by atoms with Gasteiger partial charge in [0, 0.05) is 10.4 Å². The molecule has 0 bridgehead atoms. The van der Waals surface area contributed by atoms with Crippen LogP contribution in [-0.2, 0) is 6.54 Å². The molecule has 0 saturated heterocycles. The quantitative estimate of drug-likeness (QED) is 0.451. The van der Waals surface area contributed by atoms with Crippen LogP contribution in [0.4, 0.5) is 0 Å². The number of rotatable bonds is 6. The van der Waals surface area contributed by atoms with E-state index in [9.17, 15) is 9.59 Å². The Balaban J connectivity index is 1.59. The van der Waals surface area contributed by atoms with Crippen molar-refractivity contribution in [3.63, 3.8) is 0 Å². The minimum Gasteiger partial charge on any atom is -0.478 e. The van der Waals surface area contributed by atoms with E-state index in [1.54, 1.807) is 29.1 Å². The van der Waals surface area contributed by atoms with Crippen LogP contribution in [-0.4, -0.2) is 26.8 Å². The van der Waals surface area contributed by atoms with Crippen molar-refractivity contribution in [2.75, 3.05) is 0 Å². The number of nitrogens with zero attached hydrogens (tertiary/aromatic N) is 2. The summed E-state index contributed by atoms with van der Waals surface area (Å²) in [5.74, 6) is -1.21. The van der Waals surface area contributed by atoms with E-state index in [4.69, 9.17) is 16.7 Å². The first-order chi connectivity index (χ1) is 14.9. The Bertz CT molecular complexity index is 1250. The number of benzene rings is 3. The smallest absolute Gasteiger partial charge is 0.335 e. The van der Waals surface area contributed by atoms with E-state index in [2.05, 4.69) is 10.4 Å². The summed E-state index contributed by atoms with van der Waals surface area (Å²) in [4.78, 5) is 24.1. The number of aromatic nitrogens is 2. The molecule has 1 amide bonds. The molecule has 7 heteroatoms. The Hall–Kier alpha value is -3.64. The first-order valence-corrected chi connectivity index (χ1v) is 10.1. The number of carboxylic acid groups (broad SMARTS) is 1. The fourth-order valence-corrected chi connectivity index (χ4v) is 3.61. The van der Waals surface area contributed by atoms with Gasteiger partial charge in [0.1, 0.15) is 0 Å². The fourth-order valence-electron chi connectivity index (χ4n) is 3.48. The fraction of sp³-hybridized carbons (Fsp3) is 0.125. The van der Waals surface area contributed by atoms with Gasteiger partial charge in [-0.3, -0.25) is 9.48 Å². The van der Waals surface area contributed by atoms with Crippen LogP contribution in [0.5, 0.6) is 0 Å². The third-order valence-corrected chi connectivity index (χ3v) is 5.41. The summed E-state index contributed by atoms with van der Waals surface area (Å²) in [7, 11) is 0. The van der Waals surface area contributed by atoms with Crippen molar-refractivity contribution >= 4 is 34.4 Å². The average Bonchev–Trinajstić information content (AvgIpc) is 3.18. The maximum atomic E-state index is 13.1. The molecule has 4 aromatic rings. The maximum Gasteiger partial charge on any atom is 0.335 e. The van der Waals surface area contributed by atoms with Gasteiger partial charge in [-0.1, -0.05) is 48.0 Å². The summed E-state index contributed by atoms with van der Waals surface area (Å²) in [5, 5.41) is 18.1. The zero-order valence-electron chi connectivity index (χ0n) is 16.7. The van der Waals surface area contributed by atoms with Gasteiger partial charge in [-0.05, 0) is 48.4 Å². The number of carboxylic acids is 1. The molecule has 0 spiro atoms. The molecular weight excluding hydrogens is 414 g/mol. The molecule has 0 fully saturated rings. The van der Waals surface area contributed by atoms with Gasteiger partial charge in [-0.15, -0.1) is 0 Å². The second-order valence-electron chi connectivity index (χ2n) is 7.29. The third-order valence-electron chi connectivity index (χ3n) is 5.16. The van der Waals surface area contributed by atoms with Gasteiger partial charge in [-0.25, -0.2) is 4.79 Å². The number of para-hydroxylation sites is 1. The summed E-state index contributed by atoms with van der Waals surface area (Å²) < 4.78 is 1.81. The summed E-state index contributed by atoms with van der Waals surface area (Å²) in [5.41, 5.74) is 3.33. The molecule has 0 aliphatic heterocycles. The molecule has 1 heterocycles. The molecule has 0 aliphatic carbocycles. The monoisotopic (exact) mass is 433 g/mol. The number of nitrogens with one attached hydrogen (secondary N) is 1. The number of aromatic carboxylic acids is 1. The second kappa shape index (κ2) is 8.62. The zero-order valence-corrected chi connectivity index (χ0v) is 17.5. The highest BCUT2D eigenvalue weighted by Gasteiger charge is 2.17.